The molecule has 0 radical (unpaired) electrons. The van der Waals surface area contributed by atoms with E-state index in [1.54, 1.807) is 0 Å². The molecule has 0 heterocycles. The minimum absolute atomic E-state index is 0.0469. The van der Waals surface area contributed by atoms with Crippen LogP contribution in [0.15, 0.2) is 18.2 Å². The van der Waals surface area contributed by atoms with Gasteiger partial charge in [0.25, 0.3) is 5.69 Å². The number of rotatable bonds is 5. The summed E-state index contributed by atoms with van der Waals surface area (Å²) in [7, 11) is 0. The van der Waals surface area contributed by atoms with Crippen LogP contribution in [0.5, 0.6) is 0 Å². The van der Waals surface area contributed by atoms with Gasteiger partial charge in [0.15, 0.2) is 0 Å². The van der Waals surface area contributed by atoms with Crippen molar-refractivity contribution in [2.75, 3.05) is 5.32 Å². The number of nitriles is 1. The predicted molar refractivity (Wildman–Crippen MR) is 73.9 cm³/mol. The van der Waals surface area contributed by atoms with Gasteiger partial charge in [-0.3, -0.25) is 14.9 Å². The van der Waals surface area contributed by atoms with Crippen molar-refractivity contribution in [3.8, 4) is 6.07 Å². The van der Waals surface area contributed by atoms with E-state index < -0.39 is 4.92 Å². The molecule has 106 valence electrons. The molecule has 0 bridgehead atoms. The smallest absolute Gasteiger partial charge is 0.270 e. The zero-order valence-electron chi connectivity index (χ0n) is 11.3. The monoisotopic (exact) mass is 276 g/mol. The maximum atomic E-state index is 11.8. The highest BCUT2D eigenvalue weighted by Crippen LogP contribution is 2.21. The van der Waals surface area contributed by atoms with Gasteiger partial charge in [0.1, 0.15) is 6.07 Å². The van der Waals surface area contributed by atoms with E-state index in [1.807, 2.05) is 19.9 Å². The van der Waals surface area contributed by atoms with Gasteiger partial charge in [-0.05, 0) is 12.0 Å². The summed E-state index contributed by atoms with van der Waals surface area (Å²) in [5.41, 5.74) is 5.89. The molecule has 0 aliphatic heterocycles. The second-order valence-electron chi connectivity index (χ2n) is 4.76. The Hall–Kier alpha value is -2.46. The molecule has 3 N–H and O–H groups in total. The van der Waals surface area contributed by atoms with Crippen LogP contribution in [-0.4, -0.2) is 16.9 Å². The van der Waals surface area contributed by atoms with Crippen LogP contribution in [0, 0.1) is 27.4 Å². The molecule has 7 nitrogen and oxygen atoms in total. The van der Waals surface area contributed by atoms with Gasteiger partial charge in [-0.2, -0.15) is 5.26 Å². The van der Waals surface area contributed by atoms with Crippen LogP contribution < -0.4 is 11.1 Å². The number of nitrogens with two attached hydrogens (primary N) is 1. The highest BCUT2D eigenvalue weighted by Gasteiger charge is 2.16. The Kier molecular flexibility index (Phi) is 5.17. The van der Waals surface area contributed by atoms with Crippen LogP contribution in [0.4, 0.5) is 11.4 Å². The van der Waals surface area contributed by atoms with Crippen molar-refractivity contribution in [3.63, 3.8) is 0 Å². The summed E-state index contributed by atoms with van der Waals surface area (Å²) in [6.45, 7) is 3.81. The molecule has 1 amide bonds. The highest BCUT2D eigenvalue weighted by atomic mass is 16.6. The van der Waals surface area contributed by atoms with Crippen LogP contribution in [0.25, 0.3) is 0 Å². The number of benzene rings is 1. The summed E-state index contributed by atoms with van der Waals surface area (Å²) >= 11 is 0. The Morgan fingerprint density at radius 3 is 2.70 bits per heavy atom. The normalized spacial score (nSPS) is 11.8. The quantitative estimate of drug-likeness (QED) is 0.627. The van der Waals surface area contributed by atoms with Crippen molar-refractivity contribution >= 4 is 17.3 Å². The number of anilines is 1. The van der Waals surface area contributed by atoms with E-state index in [2.05, 4.69) is 5.32 Å². The van der Waals surface area contributed by atoms with E-state index in [-0.39, 0.29) is 41.2 Å². The molecule has 1 atom stereocenters. The maximum Gasteiger partial charge on any atom is 0.270 e. The first-order valence-electron chi connectivity index (χ1n) is 6.09. The number of nitro benzene ring substituents is 1. The second-order valence-corrected chi connectivity index (χ2v) is 4.76. The second kappa shape index (κ2) is 6.63. The number of hydrogen-bond donors (Lipinski definition) is 2. The first-order valence-corrected chi connectivity index (χ1v) is 6.09. The number of hydrogen-bond acceptors (Lipinski definition) is 5. The van der Waals surface area contributed by atoms with E-state index in [0.29, 0.717) is 0 Å². The number of carbonyl (C=O) groups excluding carboxylic acids is 1. The van der Waals surface area contributed by atoms with E-state index in [1.165, 1.54) is 12.1 Å². The number of nitrogens with one attached hydrogen (secondary N) is 1. The van der Waals surface area contributed by atoms with Gasteiger partial charge in [0.2, 0.25) is 5.91 Å². The SMILES string of the molecule is CC(C)C(N)CC(=O)Nc1ccc([N+](=O)[O-])cc1C#N. The molecule has 0 spiro atoms. The van der Waals surface area contributed by atoms with Gasteiger partial charge in [-0.1, -0.05) is 13.8 Å². The highest BCUT2D eigenvalue weighted by molar-refractivity contribution is 5.92. The fourth-order valence-corrected chi connectivity index (χ4v) is 1.50. The standard InChI is InChI=1S/C13H16N4O3/c1-8(2)11(15)6-13(18)16-12-4-3-10(17(19)20)5-9(12)7-14/h3-5,8,11H,6,15H2,1-2H3,(H,16,18). The summed E-state index contributed by atoms with van der Waals surface area (Å²) in [6.07, 6.45) is 0.125. The topological polar surface area (TPSA) is 122 Å². The first kappa shape index (κ1) is 15.6. The molecule has 7 heteroatoms. The van der Waals surface area contributed by atoms with Crippen molar-refractivity contribution in [1.29, 1.82) is 5.26 Å². The summed E-state index contributed by atoms with van der Waals surface area (Å²) in [5.74, 6) is -0.162. The predicted octanol–water partition coefficient (Wildman–Crippen LogP) is 1.78. The van der Waals surface area contributed by atoms with Gasteiger partial charge in [0.05, 0.1) is 16.2 Å². The molecular weight excluding hydrogens is 260 g/mol. The summed E-state index contributed by atoms with van der Waals surface area (Å²) in [4.78, 5) is 21.8. The van der Waals surface area contributed by atoms with E-state index >= 15 is 0 Å². The molecule has 0 fully saturated rings. The third-order valence-electron chi connectivity index (χ3n) is 2.89. The maximum absolute atomic E-state index is 11.8. The van der Waals surface area contributed by atoms with Crippen LogP contribution in [0.1, 0.15) is 25.8 Å². The lowest BCUT2D eigenvalue weighted by molar-refractivity contribution is -0.384. The zero-order valence-corrected chi connectivity index (χ0v) is 11.3. The van der Waals surface area contributed by atoms with E-state index in [9.17, 15) is 14.9 Å². The van der Waals surface area contributed by atoms with Crippen LogP contribution in [0.3, 0.4) is 0 Å². The van der Waals surface area contributed by atoms with Crippen molar-refractivity contribution in [2.45, 2.75) is 26.3 Å². The lowest BCUT2D eigenvalue weighted by Crippen LogP contribution is -2.31. The number of non-ortho nitro benzene ring substituents is 1. The molecule has 1 rings (SSSR count). The molecule has 0 aromatic heterocycles. The summed E-state index contributed by atoms with van der Waals surface area (Å²) in [5, 5.41) is 22.1. The van der Waals surface area contributed by atoms with Gasteiger partial charge >= 0.3 is 0 Å². The zero-order chi connectivity index (χ0) is 15.3. The molecule has 1 unspecified atom stereocenters. The lowest BCUT2D eigenvalue weighted by Gasteiger charge is -2.15. The molecule has 0 aliphatic carbocycles. The third kappa shape index (κ3) is 4.03. The minimum atomic E-state index is -0.596. The first-order chi connectivity index (χ1) is 9.35. The molecule has 1 aromatic rings. The Morgan fingerprint density at radius 2 is 2.20 bits per heavy atom. The average Bonchev–Trinajstić information content (AvgIpc) is 2.38. The van der Waals surface area contributed by atoms with Gasteiger partial charge < -0.3 is 11.1 Å². The molecule has 20 heavy (non-hydrogen) atoms. The fourth-order valence-electron chi connectivity index (χ4n) is 1.50. The molecular formula is C13H16N4O3. The van der Waals surface area contributed by atoms with Gasteiger partial charge in [-0.15, -0.1) is 0 Å². The van der Waals surface area contributed by atoms with Crippen molar-refractivity contribution in [2.24, 2.45) is 11.7 Å². The number of amides is 1. The summed E-state index contributed by atoms with van der Waals surface area (Å²) < 4.78 is 0. The molecule has 0 saturated heterocycles. The van der Waals surface area contributed by atoms with Crippen LogP contribution in [-0.2, 0) is 4.79 Å². The number of nitrogens with zero attached hydrogens (tertiary/aromatic N) is 2. The Balaban J connectivity index is 2.85. The summed E-state index contributed by atoms with van der Waals surface area (Å²) in [6, 6.07) is 5.24. The van der Waals surface area contributed by atoms with E-state index in [4.69, 9.17) is 11.0 Å². The fraction of sp³-hybridized carbons (Fsp3) is 0.385. The van der Waals surface area contributed by atoms with Crippen LogP contribution >= 0.6 is 0 Å². The van der Waals surface area contributed by atoms with Crippen molar-refractivity contribution in [3.05, 3.63) is 33.9 Å². The molecule has 0 aliphatic rings. The van der Waals surface area contributed by atoms with Crippen molar-refractivity contribution in [1.82, 2.24) is 0 Å². The average molecular weight is 276 g/mol. The molecule has 0 saturated carbocycles. The van der Waals surface area contributed by atoms with Crippen LogP contribution in [0.2, 0.25) is 0 Å². The molecule has 1 aromatic carbocycles. The number of carbonyl (C=O) groups is 1. The van der Waals surface area contributed by atoms with Crippen molar-refractivity contribution < 1.29 is 9.72 Å². The minimum Gasteiger partial charge on any atom is -0.327 e. The number of nitro groups is 1. The van der Waals surface area contributed by atoms with E-state index in [0.717, 1.165) is 6.07 Å². The Bertz CT molecular complexity index is 563. The third-order valence-corrected chi connectivity index (χ3v) is 2.89. The largest absolute Gasteiger partial charge is 0.327 e. The Morgan fingerprint density at radius 1 is 1.55 bits per heavy atom. The van der Waals surface area contributed by atoms with Gasteiger partial charge in [-0.25, -0.2) is 0 Å². The lowest BCUT2D eigenvalue weighted by atomic mass is 10.0. The van der Waals surface area contributed by atoms with Gasteiger partial charge in [0, 0.05) is 24.6 Å². The Labute approximate surface area is 116 Å².